The zero-order valence-electron chi connectivity index (χ0n) is 7.05. The third-order valence-electron chi connectivity index (χ3n) is 1.61. The van der Waals surface area contributed by atoms with Crippen LogP contribution in [0.15, 0.2) is 22.7 Å². The molecule has 0 aliphatic rings. The van der Waals surface area contributed by atoms with E-state index in [1.54, 1.807) is 0 Å². The lowest BCUT2D eigenvalue weighted by Crippen LogP contribution is -2.18. The second kappa shape index (κ2) is 3.92. The molecule has 0 spiro atoms. The third-order valence-corrected chi connectivity index (χ3v) is 2.39. The van der Waals surface area contributed by atoms with Crippen LogP contribution < -0.4 is 11.5 Å². The number of halogens is 1. The molecule has 0 radical (unpaired) electrons. The highest BCUT2D eigenvalue weighted by Crippen LogP contribution is 2.20. The van der Waals surface area contributed by atoms with Crippen molar-refractivity contribution in [3.05, 3.63) is 28.2 Å². The second-order valence-electron chi connectivity index (χ2n) is 3.03. The normalized spacial score (nSPS) is 12.9. The maximum Gasteiger partial charge on any atom is 0.0317 e. The van der Waals surface area contributed by atoms with Crippen molar-refractivity contribution >= 4 is 21.6 Å². The van der Waals surface area contributed by atoms with Crippen LogP contribution in [0.3, 0.4) is 0 Å². The van der Waals surface area contributed by atoms with Crippen LogP contribution in [0.1, 0.15) is 12.5 Å². The third kappa shape index (κ3) is 2.50. The van der Waals surface area contributed by atoms with Crippen LogP contribution >= 0.6 is 15.9 Å². The van der Waals surface area contributed by atoms with Gasteiger partial charge in [0.1, 0.15) is 0 Å². The van der Waals surface area contributed by atoms with Crippen molar-refractivity contribution in [3.8, 4) is 0 Å². The van der Waals surface area contributed by atoms with E-state index in [0.29, 0.717) is 0 Å². The Kier molecular flexibility index (Phi) is 3.12. The minimum atomic E-state index is 0.170. The molecule has 0 fully saturated rings. The van der Waals surface area contributed by atoms with Gasteiger partial charge in [-0.15, -0.1) is 0 Å². The van der Waals surface area contributed by atoms with Gasteiger partial charge in [0, 0.05) is 16.2 Å². The van der Waals surface area contributed by atoms with Gasteiger partial charge in [0.05, 0.1) is 0 Å². The lowest BCUT2D eigenvalue weighted by molar-refractivity contribution is 0.736. The summed E-state index contributed by atoms with van der Waals surface area (Å²) >= 11 is 3.45. The molecule has 1 unspecified atom stereocenters. The first-order valence-corrected chi connectivity index (χ1v) is 4.68. The van der Waals surface area contributed by atoms with Gasteiger partial charge >= 0.3 is 0 Å². The van der Waals surface area contributed by atoms with Crippen LogP contribution in [0, 0.1) is 0 Å². The average molecular weight is 229 g/mol. The molecular weight excluding hydrogens is 216 g/mol. The highest BCUT2D eigenvalue weighted by Gasteiger charge is 2.02. The molecule has 1 aromatic carbocycles. The molecular formula is C9H13BrN2. The lowest BCUT2D eigenvalue weighted by Gasteiger charge is -2.07. The molecule has 12 heavy (non-hydrogen) atoms. The fraction of sp³-hybridized carbons (Fsp3) is 0.333. The molecule has 0 aromatic heterocycles. The van der Waals surface area contributed by atoms with Crippen LogP contribution in [0.25, 0.3) is 0 Å². The molecule has 4 N–H and O–H groups in total. The fourth-order valence-corrected chi connectivity index (χ4v) is 1.51. The summed E-state index contributed by atoms with van der Waals surface area (Å²) in [5, 5.41) is 0. The molecule has 1 atom stereocenters. The van der Waals surface area contributed by atoms with E-state index in [9.17, 15) is 0 Å². The molecule has 3 heteroatoms. The van der Waals surface area contributed by atoms with Crippen LogP contribution in [-0.4, -0.2) is 6.04 Å². The SMILES string of the molecule is CC(N)Cc1cc(N)ccc1Br. The number of hydrogen-bond donors (Lipinski definition) is 2. The molecule has 66 valence electrons. The first-order chi connectivity index (χ1) is 5.59. The Balaban J connectivity index is 2.90. The average Bonchev–Trinajstić information content (AvgIpc) is 1.96. The van der Waals surface area contributed by atoms with Gasteiger partial charge in [0.15, 0.2) is 0 Å². The van der Waals surface area contributed by atoms with Crippen LogP contribution in [-0.2, 0) is 6.42 Å². The summed E-state index contributed by atoms with van der Waals surface area (Å²) in [4.78, 5) is 0. The van der Waals surface area contributed by atoms with Crippen molar-refractivity contribution in [2.24, 2.45) is 5.73 Å². The molecule has 2 nitrogen and oxygen atoms in total. The van der Waals surface area contributed by atoms with E-state index in [-0.39, 0.29) is 6.04 Å². The smallest absolute Gasteiger partial charge is 0.0317 e. The number of rotatable bonds is 2. The van der Waals surface area contributed by atoms with E-state index in [4.69, 9.17) is 11.5 Å². The summed E-state index contributed by atoms with van der Waals surface area (Å²) in [5.74, 6) is 0. The summed E-state index contributed by atoms with van der Waals surface area (Å²) in [5.41, 5.74) is 13.3. The number of nitrogen functional groups attached to an aromatic ring is 1. The fourth-order valence-electron chi connectivity index (χ4n) is 1.10. The minimum absolute atomic E-state index is 0.170. The van der Waals surface area contributed by atoms with Crippen molar-refractivity contribution in [3.63, 3.8) is 0 Å². The first kappa shape index (κ1) is 9.55. The Bertz CT molecular complexity index is 271. The quantitative estimate of drug-likeness (QED) is 0.761. The molecule has 0 saturated heterocycles. The summed E-state index contributed by atoms with van der Waals surface area (Å²) in [6.45, 7) is 1.98. The van der Waals surface area contributed by atoms with E-state index in [1.165, 1.54) is 5.56 Å². The van der Waals surface area contributed by atoms with Gasteiger partial charge in [-0.05, 0) is 37.1 Å². The topological polar surface area (TPSA) is 52.0 Å². The zero-order valence-corrected chi connectivity index (χ0v) is 8.64. The monoisotopic (exact) mass is 228 g/mol. The zero-order chi connectivity index (χ0) is 9.14. The maximum absolute atomic E-state index is 5.68. The molecule has 1 rings (SSSR count). The van der Waals surface area contributed by atoms with Gasteiger partial charge in [-0.25, -0.2) is 0 Å². The standard InChI is InChI=1S/C9H13BrN2/c1-6(11)4-7-5-8(12)2-3-9(7)10/h2-3,5-6H,4,11-12H2,1H3. The number of benzene rings is 1. The largest absolute Gasteiger partial charge is 0.399 e. The van der Waals surface area contributed by atoms with Crippen molar-refractivity contribution in [2.45, 2.75) is 19.4 Å². The lowest BCUT2D eigenvalue weighted by atomic mass is 10.1. The van der Waals surface area contributed by atoms with Crippen molar-refractivity contribution in [2.75, 3.05) is 5.73 Å². The van der Waals surface area contributed by atoms with Crippen LogP contribution in [0.5, 0.6) is 0 Å². The highest BCUT2D eigenvalue weighted by atomic mass is 79.9. The Morgan fingerprint density at radius 2 is 2.17 bits per heavy atom. The molecule has 0 aliphatic carbocycles. The summed E-state index contributed by atoms with van der Waals surface area (Å²) < 4.78 is 1.08. The maximum atomic E-state index is 5.68. The van der Waals surface area contributed by atoms with E-state index in [2.05, 4.69) is 15.9 Å². The van der Waals surface area contributed by atoms with E-state index in [1.807, 2.05) is 25.1 Å². The molecule has 1 aromatic rings. The van der Waals surface area contributed by atoms with Crippen LogP contribution in [0.2, 0.25) is 0 Å². The summed E-state index contributed by atoms with van der Waals surface area (Å²) in [6, 6.07) is 5.94. The Morgan fingerprint density at radius 3 is 2.75 bits per heavy atom. The van der Waals surface area contributed by atoms with Gasteiger partial charge in [-0.3, -0.25) is 0 Å². The van der Waals surface area contributed by atoms with E-state index in [0.717, 1.165) is 16.6 Å². The molecule has 0 bridgehead atoms. The highest BCUT2D eigenvalue weighted by molar-refractivity contribution is 9.10. The van der Waals surface area contributed by atoms with Gasteiger partial charge in [-0.2, -0.15) is 0 Å². The Hall–Kier alpha value is -0.540. The second-order valence-corrected chi connectivity index (χ2v) is 3.89. The van der Waals surface area contributed by atoms with Gasteiger partial charge in [0.2, 0.25) is 0 Å². The van der Waals surface area contributed by atoms with Gasteiger partial charge < -0.3 is 11.5 Å². The minimum Gasteiger partial charge on any atom is -0.399 e. The molecule has 0 aliphatic heterocycles. The molecule has 0 saturated carbocycles. The van der Waals surface area contributed by atoms with Crippen molar-refractivity contribution < 1.29 is 0 Å². The number of nitrogens with two attached hydrogens (primary N) is 2. The molecule has 0 amide bonds. The summed E-state index contributed by atoms with van der Waals surface area (Å²) in [7, 11) is 0. The van der Waals surface area contributed by atoms with Crippen molar-refractivity contribution in [1.82, 2.24) is 0 Å². The number of hydrogen-bond acceptors (Lipinski definition) is 2. The Morgan fingerprint density at radius 1 is 1.50 bits per heavy atom. The van der Waals surface area contributed by atoms with Gasteiger partial charge in [-0.1, -0.05) is 15.9 Å². The summed E-state index contributed by atoms with van der Waals surface area (Å²) in [6.07, 6.45) is 0.853. The first-order valence-electron chi connectivity index (χ1n) is 3.89. The Labute approximate surface area is 81.1 Å². The van der Waals surface area contributed by atoms with Crippen LogP contribution in [0.4, 0.5) is 5.69 Å². The predicted octanol–water partition coefficient (Wildman–Crippen LogP) is 1.92. The molecule has 0 heterocycles. The van der Waals surface area contributed by atoms with Gasteiger partial charge in [0.25, 0.3) is 0 Å². The van der Waals surface area contributed by atoms with E-state index < -0.39 is 0 Å². The van der Waals surface area contributed by atoms with E-state index >= 15 is 0 Å². The number of anilines is 1. The van der Waals surface area contributed by atoms with Crippen molar-refractivity contribution in [1.29, 1.82) is 0 Å². The predicted molar refractivity (Wildman–Crippen MR) is 55.9 cm³/mol.